The average molecular weight is 266 g/mol. The van der Waals surface area contributed by atoms with E-state index in [0.29, 0.717) is 11.8 Å². The third-order valence-electron chi connectivity index (χ3n) is 5.67. The number of carbonyl (C=O) groups is 1. The number of hydrogen-bond acceptors (Lipinski definition) is 2. The first kappa shape index (κ1) is 13.1. The van der Waals surface area contributed by atoms with Crippen molar-refractivity contribution in [3.63, 3.8) is 0 Å². The van der Waals surface area contributed by atoms with E-state index in [1.54, 1.807) is 0 Å². The van der Waals surface area contributed by atoms with Crippen LogP contribution < -0.4 is 0 Å². The Morgan fingerprint density at radius 3 is 2.16 bits per heavy atom. The van der Waals surface area contributed by atoms with E-state index in [1.165, 1.54) is 32.1 Å². The van der Waals surface area contributed by atoms with Gasteiger partial charge in [0.25, 0.3) is 0 Å². The lowest BCUT2D eigenvalue weighted by atomic mass is 9.49. The van der Waals surface area contributed by atoms with Gasteiger partial charge in [0, 0.05) is 0 Å². The highest BCUT2D eigenvalue weighted by molar-refractivity contribution is 5.85. The Morgan fingerprint density at radius 2 is 1.74 bits per heavy atom. The molecule has 0 unspecified atom stereocenters. The Hall–Kier alpha value is -0.860. The number of ether oxygens (including phenoxy) is 1. The maximum Gasteiger partial charge on any atom is 0.367 e. The highest BCUT2D eigenvalue weighted by Gasteiger charge is 2.59. The van der Waals surface area contributed by atoms with Crippen molar-refractivity contribution in [2.75, 3.05) is 0 Å². The van der Waals surface area contributed by atoms with Gasteiger partial charge in [0.1, 0.15) is 5.60 Å². The summed E-state index contributed by atoms with van der Waals surface area (Å²) in [5, 5.41) is 0. The molecule has 106 valence electrons. The van der Waals surface area contributed by atoms with Crippen LogP contribution in [0.2, 0.25) is 0 Å². The molecule has 0 N–H and O–H groups in total. The van der Waals surface area contributed by atoms with Crippen molar-refractivity contribution in [2.24, 2.45) is 23.7 Å². The molecule has 4 aliphatic rings. The van der Waals surface area contributed by atoms with E-state index in [-0.39, 0.29) is 0 Å². The minimum atomic E-state index is -0.954. The number of carbonyl (C=O) groups excluding carboxylic acids is 1. The van der Waals surface area contributed by atoms with Crippen LogP contribution >= 0.6 is 0 Å². The zero-order valence-electron chi connectivity index (χ0n) is 11.7. The third kappa shape index (κ3) is 2.02. The molecule has 19 heavy (non-hydrogen) atoms. The Bertz CT molecular complexity index is 374. The molecule has 0 amide bonds. The molecule has 4 fully saturated rings. The topological polar surface area (TPSA) is 26.3 Å². The van der Waals surface area contributed by atoms with Crippen molar-refractivity contribution in [3.8, 4) is 0 Å². The molecule has 3 heteroatoms. The van der Waals surface area contributed by atoms with E-state index >= 15 is 0 Å². The van der Waals surface area contributed by atoms with Crippen LogP contribution in [0.25, 0.3) is 0 Å². The van der Waals surface area contributed by atoms with Gasteiger partial charge in [-0.3, -0.25) is 0 Å². The molecule has 4 aliphatic carbocycles. The van der Waals surface area contributed by atoms with E-state index < -0.39 is 17.4 Å². The van der Waals surface area contributed by atoms with Crippen LogP contribution in [-0.2, 0) is 9.53 Å². The van der Waals surface area contributed by atoms with Gasteiger partial charge in [-0.05, 0) is 62.2 Å². The second-order valence-electron chi connectivity index (χ2n) is 6.80. The predicted octanol–water partition coefficient (Wildman–Crippen LogP) is 4.01. The SMILES string of the molecule is C=C(F)C(=O)OC1(CCC)C2CC3CC(C2)CC1C3. The van der Waals surface area contributed by atoms with Crippen molar-refractivity contribution in [1.29, 1.82) is 0 Å². The predicted molar refractivity (Wildman–Crippen MR) is 71.0 cm³/mol. The minimum Gasteiger partial charge on any atom is -0.453 e. The lowest BCUT2D eigenvalue weighted by Gasteiger charge is -2.60. The molecule has 0 spiro atoms. The molecule has 4 bridgehead atoms. The second-order valence-corrected chi connectivity index (χ2v) is 6.80. The molecule has 0 aromatic rings. The van der Waals surface area contributed by atoms with Crippen LogP contribution in [0.1, 0.15) is 51.9 Å². The van der Waals surface area contributed by atoms with E-state index in [0.717, 1.165) is 24.7 Å². The maximum atomic E-state index is 13.1. The summed E-state index contributed by atoms with van der Waals surface area (Å²) in [7, 11) is 0. The number of hydrogen-bond donors (Lipinski definition) is 0. The van der Waals surface area contributed by atoms with Gasteiger partial charge in [-0.25, -0.2) is 4.79 Å². The van der Waals surface area contributed by atoms with Gasteiger partial charge in [0.2, 0.25) is 5.83 Å². The van der Waals surface area contributed by atoms with Crippen LogP contribution in [0.15, 0.2) is 12.4 Å². The van der Waals surface area contributed by atoms with Crippen molar-refractivity contribution in [2.45, 2.75) is 57.5 Å². The van der Waals surface area contributed by atoms with E-state index in [2.05, 4.69) is 13.5 Å². The van der Waals surface area contributed by atoms with Gasteiger partial charge in [0.05, 0.1) is 0 Å². The molecule has 4 rings (SSSR count). The normalized spacial score (nSPS) is 43.3. The van der Waals surface area contributed by atoms with Crippen molar-refractivity contribution in [1.82, 2.24) is 0 Å². The molecular formula is C16H23FO2. The number of rotatable bonds is 4. The molecule has 0 radical (unpaired) electrons. The van der Waals surface area contributed by atoms with E-state index in [9.17, 15) is 9.18 Å². The quantitative estimate of drug-likeness (QED) is 0.567. The second kappa shape index (κ2) is 4.60. The van der Waals surface area contributed by atoms with Crippen LogP contribution in [0.5, 0.6) is 0 Å². The molecule has 0 heterocycles. The highest BCUT2D eigenvalue weighted by Crippen LogP contribution is 2.61. The van der Waals surface area contributed by atoms with Crippen molar-refractivity contribution < 1.29 is 13.9 Å². The Labute approximate surface area is 114 Å². The van der Waals surface area contributed by atoms with Crippen LogP contribution in [0.4, 0.5) is 4.39 Å². The fourth-order valence-electron chi connectivity index (χ4n) is 5.23. The van der Waals surface area contributed by atoms with Crippen molar-refractivity contribution >= 4 is 5.97 Å². The summed E-state index contributed by atoms with van der Waals surface area (Å²) >= 11 is 0. The van der Waals surface area contributed by atoms with Gasteiger partial charge in [-0.1, -0.05) is 19.9 Å². The van der Waals surface area contributed by atoms with Gasteiger partial charge in [-0.15, -0.1) is 0 Å². The standard InChI is InChI=1S/C16H23FO2/c1-3-4-16(19-15(18)10(2)17)13-6-11-5-12(8-13)9-14(16)7-11/h11-14H,2-9H2,1H3. The monoisotopic (exact) mass is 266 g/mol. The van der Waals surface area contributed by atoms with Crippen molar-refractivity contribution in [3.05, 3.63) is 12.4 Å². The van der Waals surface area contributed by atoms with Crippen LogP contribution in [0.3, 0.4) is 0 Å². The van der Waals surface area contributed by atoms with Gasteiger partial charge in [-0.2, -0.15) is 4.39 Å². The molecule has 2 nitrogen and oxygen atoms in total. The molecule has 0 aliphatic heterocycles. The van der Waals surface area contributed by atoms with E-state index in [1.807, 2.05) is 0 Å². The molecule has 0 aromatic carbocycles. The van der Waals surface area contributed by atoms with Crippen LogP contribution in [0, 0.1) is 23.7 Å². The minimum absolute atomic E-state index is 0.395. The number of halogens is 1. The summed E-state index contributed by atoms with van der Waals surface area (Å²) in [6.45, 7) is 5.20. The summed E-state index contributed by atoms with van der Waals surface area (Å²) in [4.78, 5) is 11.7. The lowest BCUT2D eigenvalue weighted by Crippen LogP contribution is -2.59. The summed E-state index contributed by atoms with van der Waals surface area (Å²) < 4.78 is 18.8. The Balaban J connectivity index is 1.87. The molecule has 0 saturated heterocycles. The first-order valence-corrected chi connectivity index (χ1v) is 7.63. The largest absolute Gasteiger partial charge is 0.453 e. The lowest BCUT2D eigenvalue weighted by molar-refractivity contribution is -0.209. The summed E-state index contributed by atoms with van der Waals surface area (Å²) in [5.74, 6) is 0.753. The average Bonchev–Trinajstić information content (AvgIpc) is 2.34. The zero-order valence-corrected chi connectivity index (χ0v) is 11.7. The number of esters is 1. The van der Waals surface area contributed by atoms with E-state index in [4.69, 9.17) is 4.74 Å². The molecule has 0 atom stereocenters. The molecular weight excluding hydrogens is 243 g/mol. The Morgan fingerprint density at radius 1 is 1.21 bits per heavy atom. The highest BCUT2D eigenvalue weighted by atomic mass is 19.1. The Kier molecular flexibility index (Phi) is 3.18. The van der Waals surface area contributed by atoms with Gasteiger partial charge >= 0.3 is 5.97 Å². The zero-order chi connectivity index (χ0) is 13.6. The summed E-state index contributed by atoms with van der Waals surface area (Å²) in [5.41, 5.74) is -0.395. The van der Waals surface area contributed by atoms with Crippen LogP contribution in [-0.4, -0.2) is 11.6 Å². The molecule has 4 saturated carbocycles. The first-order valence-electron chi connectivity index (χ1n) is 7.63. The first-order chi connectivity index (χ1) is 9.05. The van der Waals surface area contributed by atoms with Gasteiger partial charge < -0.3 is 4.74 Å². The summed E-state index contributed by atoms with van der Waals surface area (Å²) in [6, 6.07) is 0. The fourth-order valence-corrected chi connectivity index (χ4v) is 5.23. The third-order valence-corrected chi connectivity index (χ3v) is 5.67. The van der Waals surface area contributed by atoms with Gasteiger partial charge in [0.15, 0.2) is 0 Å². The fraction of sp³-hybridized carbons (Fsp3) is 0.812. The maximum absolute atomic E-state index is 13.1. The summed E-state index contributed by atoms with van der Waals surface area (Å²) in [6.07, 6.45) is 7.88. The smallest absolute Gasteiger partial charge is 0.367 e. The molecule has 0 aromatic heterocycles.